The van der Waals surface area contributed by atoms with Crippen molar-refractivity contribution in [3.8, 4) is 0 Å². The highest BCUT2D eigenvalue weighted by molar-refractivity contribution is 7.89. The van der Waals surface area contributed by atoms with Gasteiger partial charge in [-0.2, -0.15) is 13.5 Å². The number of allylic oxidation sites excluding steroid dienone is 1. The molecule has 0 aliphatic carbocycles. The summed E-state index contributed by atoms with van der Waals surface area (Å²) >= 11 is 0. The number of benzene rings is 1. The summed E-state index contributed by atoms with van der Waals surface area (Å²) in [6.45, 7) is 7.35. The Morgan fingerprint density at radius 3 is 2.58 bits per heavy atom. The molecule has 0 aromatic heterocycles. The lowest BCUT2D eigenvalue weighted by molar-refractivity contribution is 0.584. The first-order chi connectivity index (χ1) is 8.95. The van der Waals surface area contributed by atoms with E-state index in [0.717, 1.165) is 30.5 Å². The van der Waals surface area contributed by atoms with Crippen molar-refractivity contribution in [2.75, 3.05) is 0 Å². The summed E-state index contributed by atoms with van der Waals surface area (Å²) in [5.74, 6) is 0. The van der Waals surface area contributed by atoms with E-state index in [9.17, 15) is 8.42 Å². The van der Waals surface area contributed by atoms with Crippen LogP contribution in [-0.2, 0) is 10.0 Å². The highest BCUT2D eigenvalue weighted by Crippen LogP contribution is 2.09. The molecular formula is C14H20N2O2S. The van der Waals surface area contributed by atoms with Crippen LogP contribution in [0.5, 0.6) is 0 Å². The second kappa shape index (κ2) is 7.09. The zero-order valence-electron chi connectivity index (χ0n) is 11.4. The molecule has 0 saturated heterocycles. The van der Waals surface area contributed by atoms with Crippen LogP contribution in [0.15, 0.2) is 46.9 Å². The molecule has 104 valence electrons. The Bertz CT molecular complexity index is 545. The SMILES string of the molecule is C=CCCC/C(C)=N/NS(=O)(=O)c1ccc(C)cc1. The number of sulfonamides is 1. The van der Waals surface area contributed by atoms with E-state index in [0.29, 0.717) is 0 Å². The number of nitrogens with zero attached hydrogens (tertiary/aromatic N) is 1. The molecule has 0 saturated carbocycles. The molecule has 0 bridgehead atoms. The maximum absolute atomic E-state index is 11.9. The van der Waals surface area contributed by atoms with E-state index in [1.54, 1.807) is 31.2 Å². The molecule has 19 heavy (non-hydrogen) atoms. The van der Waals surface area contributed by atoms with Gasteiger partial charge in [-0.05, 0) is 45.2 Å². The van der Waals surface area contributed by atoms with Crippen molar-refractivity contribution in [1.29, 1.82) is 0 Å². The minimum absolute atomic E-state index is 0.223. The van der Waals surface area contributed by atoms with Gasteiger partial charge in [0.25, 0.3) is 10.0 Å². The molecule has 0 heterocycles. The van der Waals surface area contributed by atoms with Gasteiger partial charge in [0.1, 0.15) is 0 Å². The lowest BCUT2D eigenvalue weighted by atomic mass is 10.2. The molecule has 0 spiro atoms. The zero-order chi connectivity index (χ0) is 14.3. The Kier molecular flexibility index (Phi) is 5.76. The number of rotatable bonds is 7. The molecule has 1 N–H and O–H groups in total. The second-order valence-corrected chi connectivity index (χ2v) is 6.10. The van der Waals surface area contributed by atoms with Crippen molar-refractivity contribution in [1.82, 2.24) is 4.83 Å². The van der Waals surface area contributed by atoms with E-state index >= 15 is 0 Å². The van der Waals surface area contributed by atoms with Crippen molar-refractivity contribution < 1.29 is 8.42 Å². The molecule has 0 atom stereocenters. The first-order valence-electron chi connectivity index (χ1n) is 6.18. The van der Waals surface area contributed by atoms with Gasteiger partial charge < -0.3 is 0 Å². The first kappa shape index (κ1) is 15.4. The highest BCUT2D eigenvalue weighted by Gasteiger charge is 2.12. The van der Waals surface area contributed by atoms with Crippen LogP contribution in [0.3, 0.4) is 0 Å². The van der Waals surface area contributed by atoms with E-state index in [-0.39, 0.29) is 4.90 Å². The molecule has 0 aliphatic heterocycles. The van der Waals surface area contributed by atoms with Gasteiger partial charge in [0, 0.05) is 5.71 Å². The summed E-state index contributed by atoms with van der Waals surface area (Å²) in [7, 11) is -3.56. The Balaban J connectivity index is 2.67. The topological polar surface area (TPSA) is 58.5 Å². The monoisotopic (exact) mass is 280 g/mol. The van der Waals surface area contributed by atoms with Crippen molar-refractivity contribution >= 4 is 15.7 Å². The third kappa shape index (κ3) is 5.26. The van der Waals surface area contributed by atoms with E-state index in [4.69, 9.17) is 0 Å². The quantitative estimate of drug-likeness (QED) is 0.361. The van der Waals surface area contributed by atoms with E-state index in [1.165, 1.54) is 0 Å². The number of nitrogens with one attached hydrogen (secondary N) is 1. The molecule has 0 fully saturated rings. The van der Waals surface area contributed by atoms with Crippen LogP contribution in [0.25, 0.3) is 0 Å². The number of hydrogen-bond donors (Lipinski definition) is 1. The van der Waals surface area contributed by atoms with E-state index in [2.05, 4.69) is 16.5 Å². The van der Waals surface area contributed by atoms with Gasteiger partial charge in [0.05, 0.1) is 4.90 Å². The van der Waals surface area contributed by atoms with Gasteiger partial charge in [-0.1, -0.05) is 23.8 Å². The number of aryl methyl sites for hydroxylation is 1. The minimum atomic E-state index is -3.56. The summed E-state index contributed by atoms with van der Waals surface area (Å²) in [5, 5.41) is 3.91. The Hall–Kier alpha value is -1.62. The van der Waals surface area contributed by atoms with Gasteiger partial charge in [0.15, 0.2) is 0 Å². The predicted molar refractivity (Wildman–Crippen MR) is 78.7 cm³/mol. The molecule has 0 unspecified atom stereocenters. The first-order valence-corrected chi connectivity index (χ1v) is 7.66. The van der Waals surface area contributed by atoms with Gasteiger partial charge in [-0.3, -0.25) is 0 Å². The summed E-state index contributed by atoms with van der Waals surface area (Å²) in [5.41, 5.74) is 1.78. The minimum Gasteiger partial charge on any atom is -0.200 e. The van der Waals surface area contributed by atoms with Crippen LogP contribution in [0.1, 0.15) is 31.7 Å². The maximum atomic E-state index is 11.9. The van der Waals surface area contributed by atoms with E-state index < -0.39 is 10.0 Å². The Morgan fingerprint density at radius 1 is 1.37 bits per heavy atom. The normalized spacial score (nSPS) is 12.2. The lowest BCUT2D eigenvalue weighted by Gasteiger charge is -2.05. The van der Waals surface area contributed by atoms with Crippen LogP contribution in [0, 0.1) is 6.92 Å². The van der Waals surface area contributed by atoms with Crippen molar-refractivity contribution in [2.24, 2.45) is 5.10 Å². The summed E-state index contributed by atoms with van der Waals surface area (Å²) in [6, 6.07) is 6.66. The third-order valence-electron chi connectivity index (χ3n) is 2.63. The van der Waals surface area contributed by atoms with Crippen molar-refractivity contribution in [3.05, 3.63) is 42.5 Å². The van der Waals surface area contributed by atoms with Gasteiger partial charge >= 0.3 is 0 Å². The molecule has 5 heteroatoms. The number of unbranched alkanes of at least 4 members (excludes halogenated alkanes) is 1. The fraction of sp³-hybridized carbons (Fsp3) is 0.357. The average Bonchev–Trinajstić information content (AvgIpc) is 2.37. The van der Waals surface area contributed by atoms with Crippen molar-refractivity contribution in [3.63, 3.8) is 0 Å². The molecule has 1 aromatic rings. The Labute approximate surface area is 115 Å². The van der Waals surface area contributed by atoms with E-state index in [1.807, 2.05) is 13.0 Å². The van der Waals surface area contributed by atoms with Crippen LogP contribution < -0.4 is 4.83 Å². The van der Waals surface area contributed by atoms with Crippen LogP contribution >= 0.6 is 0 Å². The average molecular weight is 280 g/mol. The maximum Gasteiger partial charge on any atom is 0.276 e. The summed E-state index contributed by atoms with van der Waals surface area (Å²) < 4.78 is 23.9. The largest absolute Gasteiger partial charge is 0.276 e. The van der Waals surface area contributed by atoms with Gasteiger partial charge in [-0.15, -0.1) is 6.58 Å². The molecule has 1 aromatic carbocycles. The molecular weight excluding hydrogens is 260 g/mol. The van der Waals surface area contributed by atoms with Gasteiger partial charge in [0.2, 0.25) is 0 Å². The number of hydrogen-bond acceptors (Lipinski definition) is 3. The standard InChI is InChI=1S/C14H20N2O2S/c1-4-5-6-7-13(3)15-16-19(17,18)14-10-8-12(2)9-11-14/h4,8-11,16H,1,5-7H2,2-3H3/b15-13+. The molecule has 0 aliphatic rings. The van der Waals surface area contributed by atoms with Crippen LogP contribution in [0.4, 0.5) is 0 Å². The van der Waals surface area contributed by atoms with Gasteiger partial charge in [-0.25, -0.2) is 4.83 Å². The zero-order valence-corrected chi connectivity index (χ0v) is 12.2. The summed E-state index contributed by atoms with van der Waals surface area (Å²) in [4.78, 5) is 2.48. The smallest absolute Gasteiger partial charge is 0.200 e. The third-order valence-corrected chi connectivity index (χ3v) is 3.86. The fourth-order valence-corrected chi connectivity index (χ4v) is 2.34. The molecule has 1 rings (SSSR count). The van der Waals surface area contributed by atoms with Crippen LogP contribution in [-0.4, -0.2) is 14.1 Å². The fourth-order valence-electron chi connectivity index (χ4n) is 1.47. The second-order valence-electron chi connectivity index (χ2n) is 4.44. The lowest BCUT2D eigenvalue weighted by Crippen LogP contribution is -2.19. The molecule has 4 nitrogen and oxygen atoms in total. The summed E-state index contributed by atoms with van der Waals surface area (Å²) in [6.07, 6.45) is 4.41. The van der Waals surface area contributed by atoms with Crippen LogP contribution in [0.2, 0.25) is 0 Å². The number of hydrazone groups is 1. The molecule has 0 amide bonds. The van der Waals surface area contributed by atoms with Crippen molar-refractivity contribution in [2.45, 2.75) is 38.0 Å². The highest BCUT2D eigenvalue weighted by atomic mass is 32.2. The Morgan fingerprint density at radius 2 is 2.00 bits per heavy atom. The molecule has 0 radical (unpaired) electrons. The predicted octanol–water partition coefficient (Wildman–Crippen LogP) is 3.01.